The average molecular weight is 397 g/mol. The minimum atomic E-state index is -4.66. The predicted octanol–water partition coefficient (Wildman–Crippen LogP) is 3.21. The fourth-order valence-corrected chi connectivity index (χ4v) is 3.03. The number of rotatable bonds is 4. The highest BCUT2D eigenvalue weighted by Crippen LogP contribution is 2.34. The lowest BCUT2D eigenvalue weighted by Crippen LogP contribution is -2.13. The summed E-state index contributed by atoms with van der Waals surface area (Å²) in [6, 6.07) is 12.5. The maximum absolute atomic E-state index is 13.2. The summed E-state index contributed by atoms with van der Waals surface area (Å²) in [5.74, 6) is 0.539. The van der Waals surface area contributed by atoms with Gasteiger partial charge >= 0.3 is 6.18 Å². The maximum Gasteiger partial charge on any atom is 0.435 e. The second-order valence-electron chi connectivity index (χ2n) is 5.60. The average Bonchev–Trinajstić information content (AvgIpc) is 3.07. The third-order valence-electron chi connectivity index (χ3n) is 3.78. The van der Waals surface area contributed by atoms with Crippen molar-refractivity contribution in [1.82, 2.24) is 9.78 Å². The van der Waals surface area contributed by atoms with Gasteiger partial charge in [-0.15, -0.1) is 0 Å². The molecule has 0 amide bonds. The summed E-state index contributed by atoms with van der Waals surface area (Å²) in [6.45, 7) is 0. The minimum Gasteiger partial charge on any atom is -0.497 e. The molecule has 1 heterocycles. The van der Waals surface area contributed by atoms with Gasteiger partial charge in [0, 0.05) is 5.56 Å². The van der Waals surface area contributed by atoms with Crippen molar-refractivity contribution in [3.63, 3.8) is 0 Å². The first-order chi connectivity index (χ1) is 12.6. The highest BCUT2D eigenvalue weighted by molar-refractivity contribution is 7.89. The zero-order valence-corrected chi connectivity index (χ0v) is 14.8. The van der Waals surface area contributed by atoms with Crippen LogP contribution in [0.2, 0.25) is 0 Å². The number of primary sulfonamides is 1. The first kappa shape index (κ1) is 18.9. The van der Waals surface area contributed by atoms with Crippen molar-refractivity contribution >= 4 is 10.0 Å². The van der Waals surface area contributed by atoms with Gasteiger partial charge in [-0.05, 0) is 48.5 Å². The first-order valence-electron chi connectivity index (χ1n) is 7.54. The van der Waals surface area contributed by atoms with Gasteiger partial charge in [0.25, 0.3) is 0 Å². The summed E-state index contributed by atoms with van der Waals surface area (Å²) < 4.78 is 68.8. The summed E-state index contributed by atoms with van der Waals surface area (Å²) >= 11 is 0. The van der Waals surface area contributed by atoms with Crippen molar-refractivity contribution in [1.29, 1.82) is 0 Å². The number of methoxy groups -OCH3 is 1. The Morgan fingerprint density at radius 2 is 1.74 bits per heavy atom. The van der Waals surface area contributed by atoms with Crippen molar-refractivity contribution in [2.45, 2.75) is 11.1 Å². The molecule has 0 atom stereocenters. The highest BCUT2D eigenvalue weighted by atomic mass is 32.2. The molecule has 0 radical (unpaired) electrons. The molecule has 3 rings (SSSR count). The summed E-state index contributed by atoms with van der Waals surface area (Å²) in [5.41, 5.74) is -0.395. The van der Waals surface area contributed by atoms with Crippen LogP contribution in [-0.4, -0.2) is 25.3 Å². The lowest BCUT2D eigenvalue weighted by Gasteiger charge is -2.09. The molecule has 1 aromatic heterocycles. The van der Waals surface area contributed by atoms with Crippen LogP contribution in [0, 0.1) is 0 Å². The number of hydrogen-bond acceptors (Lipinski definition) is 4. The zero-order chi connectivity index (χ0) is 19.8. The van der Waals surface area contributed by atoms with E-state index in [4.69, 9.17) is 9.88 Å². The maximum atomic E-state index is 13.2. The molecule has 0 saturated heterocycles. The number of aromatic nitrogens is 2. The lowest BCUT2D eigenvalue weighted by molar-refractivity contribution is -0.141. The molecular formula is C17H14F3N3O3S. The number of nitrogens with zero attached hydrogens (tertiary/aromatic N) is 2. The van der Waals surface area contributed by atoms with E-state index in [9.17, 15) is 21.6 Å². The number of hydrogen-bond donors (Lipinski definition) is 1. The van der Waals surface area contributed by atoms with Gasteiger partial charge in [-0.25, -0.2) is 18.2 Å². The van der Waals surface area contributed by atoms with Gasteiger partial charge in [-0.2, -0.15) is 18.3 Å². The molecule has 0 aliphatic carbocycles. The number of nitrogens with two attached hydrogens (primary N) is 1. The summed E-state index contributed by atoms with van der Waals surface area (Å²) in [4.78, 5) is -0.232. The third-order valence-corrected chi connectivity index (χ3v) is 4.69. The van der Waals surface area contributed by atoms with E-state index in [-0.39, 0.29) is 16.3 Å². The second kappa shape index (κ2) is 6.71. The molecule has 10 heteroatoms. The third kappa shape index (κ3) is 3.96. The van der Waals surface area contributed by atoms with E-state index >= 15 is 0 Å². The second-order valence-corrected chi connectivity index (χ2v) is 7.16. The molecule has 0 bridgehead atoms. The summed E-state index contributed by atoms with van der Waals surface area (Å²) in [5, 5.41) is 8.73. The van der Waals surface area contributed by atoms with Gasteiger partial charge in [-0.3, -0.25) is 0 Å². The Kier molecular flexibility index (Phi) is 4.70. The van der Waals surface area contributed by atoms with Crippen LogP contribution >= 0.6 is 0 Å². The smallest absolute Gasteiger partial charge is 0.435 e. The first-order valence-corrected chi connectivity index (χ1v) is 9.09. The molecule has 142 valence electrons. The minimum absolute atomic E-state index is 0.128. The Bertz CT molecular complexity index is 1070. The van der Waals surface area contributed by atoms with Crippen molar-refractivity contribution in [3.8, 4) is 22.7 Å². The fraction of sp³-hybridized carbons (Fsp3) is 0.118. The van der Waals surface area contributed by atoms with Gasteiger partial charge in [0.1, 0.15) is 5.75 Å². The lowest BCUT2D eigenvalue weighted by atomic mass is 10.1. The van der Waals surface area contributed by atoms with Gasteiger partial charge in [0.2, 0.25) is 10.0 Å². The van der Waals surface area contributed by atoms with Crippen LogP contribution < -0.4 is 9.88 Å². The Balaban J connectivity index is 2.21. The van der Waals surface area contributed by atoms with Crippen LogP contribution in [0.5, 0.6) is 5.75 Å². The quantitative estimate of drug-likeness (QED) is 0.732. The van der Waals surface area contributed by atoms with E-state index in [2.05, 4.69) is 5.10 Å². The fourth-order valence-electron chi connectivity index (χ4n) is 2.48. The van der Waals surface area contributed by atoms with Crippen LogP contribution in [0.1, 0.15) is 5.69 Å². The predicted molar refractivity (Wildman–Crippen MR) is 91.9 cm³/mol. The molecular weight excluding hydrogens is 383 g/mol. The van der Waals surface area contributed by atoms with E-state index in [1.165, 1.54) is 25.3 Å². The Morgan fingerprint density at radius 1 is 1.07 bits per heavy atom. The van der Waals surface area contributed by atoms with Crippen LogP contribution in [0.3, 0.4) is 0 Å². The molecule has 0 spiro atoms. The van der Waals surface area contributed by atoms with E-state index in [0.29, 0.717) is 11.3 Å². The van der Waals surface area contributed by atoms with Crippen molar-refractivity contribution in [2.24, 2.45) is 5.14 Å². The molecule has 27 heavy (non-hydrogen) atoms. The Hall–Kier alpha value is -2.85. The molecule has 0 saturated carbocycles. The number of alkyl halides is 3. The molecule has 0 fully saturated rings. The number of sulfonamides is 1. The zero-order valence-electron chi connectivity index (χ0n) is 13.9. The SMILES string of the molecule is COc1ccc(-c2cc(C(F)(F)F)nn2-c2cccc(S(N)(=O)=O)c2)cc1. The van der Waals surface area contributed by atoms with Crippen LogP contribution in [0.15, 0.2) is 59.5 Å². The number of ether oxygens (including phenoxy) is 1. The molecule has 0 aliphatic heterocycles. The normalized spacial score (nSPS) is 12.2. The van der Waals surface area contributed by atoms with Gasteiger partial charge < -0.3 is 4.74 Å². The van der Waals surface area contributed by atoms with Gasteiger partial charge in [0.05, 0.1) is 23.4 Å². The van der Waals surface area contributed by atoms with Crippen molar-refractivity contribution < 1.29 is 26.3 Å². The summed E-state index contributed by atoms with van der Waals surface area (Å²) in [6.07, 6.45) is -4.66. The molecule has 0 aliphatic rings. The number of halogens is 3. The Labute approximate surface area is 153 Å². The standard InChI is InChI=1S/C17H14F3N3O3S/c1-26-13-7-5-11(6-8-13)15-10-16(17(18,19)20)22-23(15)12-3-2-4-14(9-12)27(21,24)25/h2-10H,1H3,(H2,21,24,25). The number of benzene rings is 2. The van der Waals surface area contributed by atoms with E-state index < -0.39 is 21.9 Å². The van der Waals surface area contributed by atoms with Gasteiger partial charge in [-0.1, -0.05) is 6.07 Å². The van der Waals surface area contributed by atoms with E-state index in [1.54, 1.807) is 24.3 Å². The largest absolute Gasteiger partial charge is 0.497 e. The van der Waals surface area contributed by atoms with Crippen LogP contribution in [-0.2, 0) is 16.2 Å². The molecule has 3 aromatic rings. The van der Waals surface area contributed by atoms with E-state index in [1.807, 2.05) is 0 Å². The monoisotopic (exact) mass is 397 g/mol. The highest BCUT2D eigenvalue weighted by Gasteiger charge is 2.35. The topological polar surface area (TPSA) is 87.2 Å². The van der Waals surface area contributed by atoms with Gasteiger partial charge in [0.15, 0.2) is 5.69 Å². The molecule has 2 aromatic carbocycles. The molecule has 2 N–H and O–H groups in total. The van der Waals surface area contributed by atoms with Crippen molar-refractivity contribution in [3.05, 3.63) is 60.3 Å². The van der Waals surface area contributed by atoms with Crippen molar-refractivity contribution in [2.75, 3.05) is 7.11 Å². The summed E-state index contributed by atoms with van der Waals surface area (Å²) in [7, 11) is -2.55. The Morgan fingerprint density at radius 3 is 2.30 bits per heavy atom. The van der Waals surface area contributed by atoms with E-state index in [0.717, 1.165) is 16.8 Å². The molecule has 0 unspecified atom stereocenters. The van der Waals surface area contributed by atoms with Crippen LogP contribution in [0.4, 0.5) is 13.2 Å². The molecule has 6 nitrogen and oxygen atoms in total. The van der Waals surface area contributed by atoms with Crippen LogP contribution in [0.25, 0.3) is 16.9 Å².